The molecule has 44 heavy (non-hydrogen) atoms. The quantitative estimate of drug-likeness (QED) is 0.278. The van der Waals surface area contributed by atoms with Gasteiger partial charge in [0.1, 0.15) is 0 Å². The smallest absolute Gasteiger partial charge is 0.253 e. The van der Waals surface area contributed by atoms with E-state index in [0.717, 1.165) is 29.0 Å². The summed E-state index contributed by atoms with van der Waals surface area (Å²) in [5, 5.41) is 30.8. The van der Waals surface area contributed by atoms with Crippen molar-refractivity contribution in [3.05, 3.63) is 83.0 Å². The van der Waals surface area contributed by atoms with Gasteiger partial charge in [0.15, 0.2) is 5.65 Å². The monoisotopic (exact) mass is 617 g/mol. The van der Waals surface area contributed by atoms with Crippen LogP contribution in [0.25, 0.3) is 5.65 Å². The van der Waals surface area contributed by atoms with E-state index in [1.54, 1.807) is 4.52 Å². The molecule has 1 atom stereocenters. The number of fused-ring (bicyclic) bond motifs is 1. The minimum absolute atomic E-state index is 0.0226. The summed E-state index contributed by atoms with van der Waals surface area (Å²) in [4.78, 5) is 24.1. The van der Waals surface area contributed by atoms with Crippen LogP contribution in [0.3, 0.4) is 0 Å². The van der Waals surface area contributed by atoms with E-state index >= 15 is 0 Å². The van der Waals surface area contributed by atoms with Gasteiger partial charge in [-0.3, -0.25) is 4.79 Å². The number of pyridine rings is 1. The molecule has 2 saturated heterocycles. The van der Waals surface area contributed by atoms with Crippen molar-refractivity contribution >= 4 is 40.5 Å². The molecule has 1 unspecified atom stereocenters. The number of aromatic nitrogens is 3. The summed E-state index contributed by atoms with van der Waals surface area (Å²) in [6, 6.07) is 18.8. The standard InChI is InChI=1S/C33H40ClN7O3/c1-38(2)23-32(43)14-4-18-40(20-15-32)30(42)24-6-12-27(13-7-24)35-31-36-29-28(5-3-19-41(29)37-31)39-21-16-33(44,17-22-39)25-8-10-26(34)11-9-25/h3,5-13,19,43-44H,4,14-18,20-23H2,1-2H3,(H,35,37). The highest BCUT2D eigenvalue weighted by Crippen LogP contribution is 2.36. The predicted octanol–water partition coefficient (Wildman–Crippen LogP) is 4.53. The molecule has 11 heteroatoms. The molecule has 10 nitrogen and oxygen atoms in total. The Morgan fingerprint density at radius 3 is 2.39 bits per heavy atom. The van der Waals surface area contributed by atoms with Gasteiger partial charge in [0.05, 0.1) is 16.9 Å². The van der Waals surface area contributed by atoms with Gasteiger partial charge in [-0.2, -0.15) is 4.98 Å². The molecule has 4 aromatic rings. The van der Waals surface area contributed by atoms with Gasteiger partial charge in [0.25, 0.3) is 5.91 Å². The third-order valence-electron chi connectivity index (χ3n) is 8.86. The van der Waals surface area contributed by atoms with Crippen LogP contribution in [-0.4, -0.2) is 92.9 Å². The Kier molecular flexibility index (Phi) is 8.52. The Morgan fingerprint density at radius 2 is 1.68 bits per heavy atom. The molecule has 3 N–H and O–H groups in total. The molecule has 0 bridgehead atoms. The summed E-state index contributed by atoms with van der Waals surface area (Å²) in [5.41, 5.74) is 2.32. The SMILES string of the molecule is CN(C)CC1(O)CCCN(C(=O)c2ccc(Nc3nc4c(N5CCC(O)(c6ccc(Cl)cc6)CC5)cccn4n3)cc2)CC1. The molecule has 4 heterocycles. The first kappa shape index (κ1) is 30.3. The fourth-order valence-electron chi connectivity index (χ4n) is 6.49. The normalized spacial score (nSPS) is 20.6. The van der Waals surface area contributed by atoms with E-state index in [-0.39, 0.29) is 5.91 Å². The predicted molar refractivity (Wildman–Crippen MR) is 173 cm³/mol. The van der Waals surface area contributed by atoms with Crippen molar-refractivity contribution in [2.24, 2.45) is 0 Å². The maximum Gasteiger partial charge on any atom is 0.253 e. The molecule has 0 aliphatic carbocycles. The lowest BCUT2D eigenvalue weighted by Crippen LogP contribution is -2.42. The number of nitrogens with one attached hydrogen (secondary N) is 1. The first-order chi connectivity index (χ1) is 21.1. The van der Waals surface area contributed by atoms with E-state index < -0.39 is 11.2 Å². The van der Waals surface area contributed by atoms with E-state index in [1.807, 2.05) is 90.8 Å². The highest BCUT2D eigenvalue weighted by atomic mass is 35.5. The molecular weight excluding hydrogens is 578 g/mol. The van der Waals surface area contributed by atoms with Crippen molar-refractivity contribution in [2.75, 3.05) is 57.0 Å². The number of carbonyl (C=O) groups excluding carboxylic acids is 1. The molecule has 2 aliphatic rings. The molecule has 0 spiro atoms. The Hall–Kier alpha value is -3.70. The number of benzene rings is 2. The van der Waals surface area contributed by atoms with Crippen molar-refractivity contribution < 1.29 is 15.0 Å². The number of rotatable bonds is 7. The third kappa shape index (κ3) is 6.53. The number of hydrogen-bond donors (Lipinski definition) is 3. The summed E-state index contributed by atoms with van der Waals surface area (Å²) in [7, 11) is 3.92. The van der Waals surface area contributed by atoms with Gasteiger partial charge in [0, 0.05) is 55.2 Å². The van der Waals surface area contributed by atoms with Crippen LogP contribution in [0.4, 0.5) is 17.3 Å². The first-order valence-electron chi connectivity index (χ1n) is 15.2. The Morgan fingerprint density at radius 1 is 0.955 bits per heavy atom. The second-order valence-electron chi connectivity index (χ2n) is 12.4. The van der Waals surface area contributed by atoms with Crippen LogP contribution in [0.15, 0.2) is 66.9 Å². The zero-order valence-electron chi connectivity index (χ0n) is 25.3. The zero-order chi connectivity index (χ0) is 30.9. The minimum atomic E-state index is -0.886. The first-order valence-corrected chi connectivity index (χ1v) is 15.6. The molecule has 2 aliphatic heterocycles. The number of halogens is 1. The van der Waals surface area contributed by atoms with Crippen LogP contribution in [0, 0.1) is 0 Å². The number of aliphatic hydroxyl groups is 2. The summed E-state index contributed by atoms with van der Waals surface area (Å²) < 4.78 is 1.76. The van der Waals surface area contributed by atoms with Crippen molar-refractivity contribution in [2.45, 2.75) is 43.3 Å². The Balaban J connectivity index is 1.10. The molecule has 232 valence electrons. The largest absolute Gasteiger partial charge is 0.388 e. The fourth-order valence-corrected chi connectivity index (χ4v) is 6.62. The van der Waals surface area contributed by atoms with Crippen LogP contribution in [0.1, 0.15) is 48.0 Å². The second kappa shape index (κ2) is 12.4. The minimum Gasteiger partial charge on any atom is -0.388 e. The Bertz CT molecular complexity index is 1600. The van der Waals surface area contributed by atoms with Crippen LogP contribution < -0.4 is 10.2 Å². The number of nitrogens with zero attached hydrogens (tertiary/aromatic N) is 6. The molecule has 2 fully saturated rings. The van der Waals surface area contributed by atoms with Gasteiger partial charge in [-0.25, -0.2) is 4.52 Å². The number of likely N-dealkylation sites (tertiary alicyclic amines) is 1. The average molecular weight is 618 g/mol. The van der Waals surface area contributed by atoms with Gasteiger partial charge >= 0.3 is 0 Å². The number of anilines is 3. The Labute approximate surface area is 262 Å². The average Bonchev–Trinajstić information content (AvgIpc) is 3.32. The van der Waals surface area contributed by atoms with Crippen LogP contribution in [0.2, 0.25) is 5.02 Å². The van der Waals surface area contributed by atoms with Crippen LogP contribution in [-0.2, 0) is 5.60 Å². The molecule has 1 amide bonds. The summed E-state index contributed by atoms with van der Waals surface area (Å²) in [6.45, 7) is 3.12. The number of carbonyl (C=O) groups is 1. The third-order valence-corrected chi connectivity index (χ3v) is 9.11. The molecular formula is C33H40ClN7O3. The second-order valence-corrected chi connectivity index (χ2v) is 12.9. The van der Waals surface area contributed by atoms with Crippen LogP contribution in [0.5, 0.6) is 0 Å². The molecule has 2 aromatic carbocycles. The summed E-state index contributed by atoms with van der Waals surface area (Å²) >= 11 is 6.05. The van der Waals surface area contributed by atoms with Crippen molar-refractivity contribution in [3.8, 4) is 0 Å². The van der Waals surface area contributed by atoms with E-state index in [2.05, 4.69) is 15.3 Å². The maximum absolute atomic E-state index is 13.3. The van der Waals surface area contributed by atoms with Gasteiger partial charge in [-0.05, 0) is 100 Å². The van der Waals surface area contributed by atoms with Gasteiger partial charge < -0.3 is 30.2 Å². The number of likely N-dealkylation sites (N-methyl/N-ethyl adjacent to an activating group) is 1. The van der Waals surface area contributed by atoms with Crippen molar-refractivity contribution in [3.63, 3.8) is 0 Å². The van der Waals surface area contributed by atoms with Gasteiger partial charge in [-0.1, -0.05) is 23.7 Å². The highest BCUT2D eigenvalue weighted by Gasteiger charge is 2.35. The van der Waals surface area contributed by atoms with Gasteiger partial charge in [0.2, 0.25) is 5.95 Å². The summed E-state index contributed by atoms with van der Waals surface area (Å²) in [5.74, 6) is 0.435. The van der Waals surface area contributed by atoms with Crippen LogP contribution >= 0.6 is 11.6 Å². The van der Waals surface area contributed by atoms with Crippen molar-refractivity contribution in [1.29, 1.82) is 0 Å². The lowest BCUT2D eigenvalue weighted by Gasteiger charge is -2.39. The molecule has 6 rings (SSSR count). The van der Waals surface area contributed by atoms with E-state index in [1.165, 1.54) is 0 Å². The molecule has 0 saturated carbocycles. The number of piperidine rings is 1. The maximum atomic E-state index is 13.3. The summed E-state index contributed by atoms with van der Waals surface area (Å²) in [6.07, 6.45) is 5.09. The molecule has 2 aromatic heterocycles. The van der Waals surface area contributed by atoms with Crippen molar-refractivity contribution in [1.82, 2.24) is 24.4 Å². The lowest BCUT2D eigenvalue weighted by atomic mass is 9.84. The van der Waals surface area contributed by atoms with E-state index in [9.17, 15) is 15.0 Å². The number of hydrogen-bond acceptors (Lipinski definition) is 8. The highest BCUT2D eigenvalue weighted by molar-refractivity contribution is 6.30. The van der Waals surface area contributed by atoms with E-state index in [0.29, 0.717) is 74.9 Å². The number of amides is 1. The van der Waals surface area contributed by atoms with E-state index in [4.69, 9.17) is 16.6 Å². The molecule has 0 radical (unpaired) electrons. The fraction of sp³-hybridized carbons (Fsp3) is 0.424. The zero-order valence-corrected chi connectivity index (χ0v) is 26.0. The lowest BCUT2D eigenvalue weighted by molar-refractivity contribution is 0.00302. The van der Waals surface area contributed by atoms with Gasteiger partial charge in [-0.15, -0.1) is 5.10 Å². The topological polar surface area (TPSA) is 109 Å².